The number of aromatic nitrogens is 2. The number of hydrogen-bond acceptors (Lipinski definition) is 5. The highest BCUT2D eigenvalue weighted by Gasteiger charge is 2.33. The Bertz CT molecular complexity index is 1560. The highest BCUT2D eigenvalue weighted by Crippen LogP contribution is 2.34. The van der Waals surface area contributed by atoms with E-state index >= 15 is 0 Å². The van der Waals surface area contributed by atoms with Crippen molar-refractivity contribution >= 4 is 28.5 Å². The highest BCUT2D eigenvalue weighted by molar-refractivity contribution is 5.94. The average molecular weight is 548 g/mol. The second-order valence-electron chi connectivity index (χ2n) is 10.3. The first-order valence-corrected chi connectivity index (χ1v) is 13.1. The Morgan fingerprint density at radius 3 is 2.50 bits per heavy atom. The summed E-state index contributed by atoms with van der Waals surface area (Å²) >= 11 is 0. The molecular weight excluding hydrogens is 519 g/mol. The Kier molecular flexibility index (Phi) is 7.48. The average Bonchev–Trinajstić information content (AvgIpc) is 3.39. The van der Waals surface area contributed by atoms with Crippen LogP contribution in [0.25, 0.3) is 27.4 Å². The summed E-state index contributed by atoms with van der Waals surface area (Å²) in [7, 11) is 0. The summed E-state index contributed by atoms with van der Waals surface area (Å²) in [4.78, 5) is 26.5. The van der Waals surface area contributed by atoms with Crippen molar-refractivity contribution in [2.45, 2.75) is 38.8 Å². The van der Waals surface area contributed by atoms with Crippen LogP contribution in [0.15, 0.2) is 59.0 Å². The Balaban J connectivity index is 1.18. The highest BCUT2D eigenvalue weighted by atomic mass is 19.4. The van der Waals surface area contributed by atoms with E-state index in [9.17, 15) is 18.0 Å². The van der Waals surface area contributed by atoms with Gasteiger partial charge in [0, 0.05) is 30.8 Å². The maximum absolute atomic E-state index is 13.0. The molecule has 0 atom stereocenters. The first kappa shape index (κ1) is 27.2. The van der Waals surface area contributed by atoms with Gasteiger partial charge in [0.25, 0.3) is 5.91 Å². The lowest BCUT2D eigenvalue weighted by Gasteiger charge is -2.33. The van der Waals surface area contributed by atoms with E-state index in [1.165, 1.54) is 6.07 Å². The minimum absolute atomic E-state index is 0.167. The summed E-state index contributed by atoms with van der Waals surface area (Å²) < 4.78 is 45.0. The second-order valence-corrected chi connectivity index (χ2v) is 10.3. The molecule has 1 N–H and O–H groups in total. The molecule has 4 aromatic rings. The Morgan fingerprint density at radius 1 is 1.12 bits per heavy atom. The van der Waals surface area contributed by atoms with E-state index in [0.717, 1.165) is 30.0 Å². The monoisotopic (exact) mass is 547 g/mol. The second kappa shape index (κ2) is 11.0. The van der Waals surface area contributed by atoms with Crippen LogP contribution in [-0.2, 0) is 6.18 Å². The molecule has 3 heterocycles. The number of carbonyl (C=O) groups excluding carboxylic acids is 1. The first-order valence-electron chi connectivity index (χ1n) is 13.1. The molecule has 0 aliphatic carbocycles. The minimum Gasteiger partial charge on any atom is -0.436 e. The van der Waals surface area contributed by atoms with E-state index in [1.54, 1.807) is 36.4 Å². The van der Waals surface area contributed by atoms with Crippen molar-refractivity contribution in [1.82, 2.24) is 15.3 Å². The van der Waals surface area contributed by atoms with Crippen LogP contribution in [0.3, 0.4) is 0 Å². The van der Waals surface area contributed by atoms with Crippen LogP contribution in [0.4, 0.5) is 24.7 Å². The fraction of sp³-hybridized carbons (Fsp3) is 0.333. The van der Waals surface area contributed by atoms with Crippen molar-refractivity contribution in [3.05, 3.63) is 82.8 Å². The van der Waals surface area contributed by atoms with E-state index in [-0.39, 0.29) is 17.7 Å². The third kappa shape index (κ3) is 5.78. The van der Waals surface area contributed by atoms with Gasteiger partial charge in [-0.15, -0.1) is 0 Å². The molecule has 1 saturated heterocycles. The van der Waals surface area contributed by atoms with Gasteiger partial charge in [0.2, 0.25) is 5.89 Å². The summed E-state index contributed by atoms with van der Waals surface area (Å²) in [6, 6.07) is 14.5. The topological polar surface area (TPSA) is 75.6 Å². The molecule has 0 saturated carbocycles. The number of anilines is 1. The third-order valence-electron chi connectivity index (χ3n) is 7.16. The minimum atomic E-state index is -4.47. The van der Waals surface area contributed by atoms with Crippen LogP contribution in [0.5, 0.6) is 0 Å². The molecule has 0 bridgehead atoms. The van der Waals surface area contributed by atoms with Crippen LogP contribution in [-0.4, -0.2) is 35.5 Å². The van der Waals surface area contributed by atoms with Gasteiger partial charge in [-0.2, -0.15) is 13.2 Å². The predicted octanol–water partition coefficient (Wildman–Crippen LogP) is 7.23. The maximum atomic E-state index is 13.0. The Hall–Kier alpha value is -4.39. The zero-order chi connectivity index (χ0) is 28.4. The van der Waals surface area contributed by atoms with E-state index in [2.05, 4.69) is 20.1 Å². The zero-order valence-corrected chi connectivity index (χ0v) is 22.1. The van der Waals surface area contributed by atoms with E-state index in [1.807, 2.05) is 24.8 Å². The number of carbonyl (C=O) groups is 1. The van der Waals surface area contributed by atoms with Gasteiger partial charge < -0.3 is 14.6 Å². The number of fused-ring (bicyclic) bond motifs is 1. The molecule has 206 valence electrons. The first-order chi connectivity index (χ1) is 19.1. The van der Waals surface area contributed by atoms with Crippen molar-refractivity contribution in [2.24, 2.45) is 5.92 Å². The smallest absolute Gasteiger partial charge is 0.433 e. The van der Waals surface area contributed by atoms with E-state index in [0.29, 0.717) is 53.7 Å². The molecule has 0 radical (unpaired) electrons. The predicted molar refractivity (Wildman–Crippen MR) is 146 cm³/mol. The lowest BCUT2D eigenvalue weighted by atomic mass is 9.96. The van der Waals surface area contributed by atoms with Gasteiger partial charge in [0.05, 0.1) is 12.1 Å². The summed E-state index contributed by atoms with van der Waals surface area (Å²) in [5.74, 6) is 0.938. The largest absolute Gasteiger partial charge is 0.436 e. The molecule has 1 aliphatic heterocycles. The maximum Gasteiger partial charge on any atom is 0.433 e. The number of alkyl halides is 3. The number of piperidine rings is 1. The molecule has 0 unspecified atom stereocenters. The number of rotatable bonds is 6. The number of halogens is 3. The lowest BCUT2D eigenvalue weighted by molar-refractivity contribution is -0.141. The Labute approximate surface area is 229 Å². The van der Waals surface area contributed by atoms with Gasteiger partial charge in [-0.05, 0) is 78.8 Å². The fourth-order valence-corrected chi connectivity index (χ4v) is 4.89. The van der Waals surface area contributed by atoms with Crippen LogP contribution in [0.1, 0.15) is 54.2 Å². The van der Waals surface area contributed by atoms with Crippen LogP contribution in [0.2, 0.25) is 0 Å². The van der Waals surface area contributed by atoms with Gasteiger partial charge in [0.1, 0.15) is 11.5 Å². The molecule has 1 amide bonds. The third-order valence-corrected chi connectivity index (χ3v) is 7.16. The molecule has 2 aromatic carbocycles. The van der Waals surface area contributed by atoms with Gasteiger partial charge in [0.15, 0.2) is 11.3 Å². The Morgan fingerprint density at radius 2 is 1.85 bits per heavy atom. The molecule has 2 aromatic heterocycles. The summed E-state index contributed by atoms with van der Waals surface area (Å²) in [6.45, 7) is 13.1. The SMILES string of the molecule is [C-]#[N+]c1cc(C(C)C)c2oc(-c3ccc(C(=O)NCC4CCN(c5cccc(C(F)(F)F)n5)CC4)cc3)nc2c1. The van der Waals surface area contributed by atoms with Crippen molar-refractivity contribution in [2.75, 3.05) is 24.5 Å². The van der Waals surface area contributed by atoms with Gasteiger partial charge >= 0.3 is 6.18 Å². The van der Waals surface area contributed by atoms with Gasteiger partial charge in [-0.3, -0.25) is 4.79 Å². The zero-order valence-electron chi connectivity index (χ0n) is 22.1. The molecule has 10 heteroatoms. The number of oxazole rings is 1. The summed E-state index contributed by atoms with van der Waals surface area (Å²) in [5, 5.41) is 2.98. The number of nitrogens with one attached hydrogen (secondary N) is 1. The van der Waals surface area contributed by atoms with Crippen molar-refractivity contribution in [3.63, 3.8) is 0 Å². The molecule has 0 spiro atoms. The summed E-state index contributed by atoms with van der Waals surface area (Å²) in [6.07, 6.45) is -3.00. The lowest BCUT2D eigenvalue weighted by Crippen LogP contribution is -2.39. The van der Waals surface area contributed by atoms with Crippen LogP contribution in [0, 0.1) is 12.5 Å². The molecule has 1 fully saturated rings. The fourth-order valence-electron chi connectivity index (χ4n) is 4.89. The standard InChI is InChI=1S/C30H28F3N5O2/c1-18(2)23-15-22(34-3)16-24-27(23)40-29(36-24)21-9-7-20(8-10-21)28(39)35-17-19-11-13-38(14-12-19)26-6-4-5-25(37-26)30(31,32)33/h4-10,15-16,18-19H,11-14,17H2,1-2H3,(H,35,39). The van der Waals surface area contributed by atoms with Crippen molar-refractivity contribution in [3.8, 4) is 11.5 Å². The number of nitrogens with zero attached hydrogens (tertiary/aromatic N) is 4. The molecule has 5 rings (SSSR count). The molecule has 1 aliphatic rings. The molecule has 40 heavy (non-hydrogen) atoms. The number of hydrogen-bond donors (Lipinski definition) is 1. The van der Waals surface area contributed by atoms with E-state index < -0.39 is 11.9 Å². The quantitative estimate of drug-likeness (QED) is 0.258. The van der Waals surface area contributed by atoms with Gasteiger partial charge in [-0.1, -0.05) is 19.9 Å². The summed E-state index contributed by atoms with van der Waals surface area (Å²) in [5.41, 5.74) is 3.07. The number of pyridine rings is 1. The molecule has 7 nitrogen and oxygen atoms in total. The number of benzene rings is 2. The number of amides is 1. The van der Waals surface area contributed by atoms with Crippen LogP contribution >= 0.6 is 0 Å². The van der Waals surface area contributed by atoms with Gasteiger partial charge in [-0.25, -0.2) is 14.8 Å². The normalized spacial score (nSPS) is 14.5. The van der Waals surface area contributed by atoms with Crippen LogP contribution < -0.4 is 10.2 Å². The van der Waals surface area contributed by atoms with E-state index in [4.69, 9.17) is 11.0 Å². The van der Waals surface area contributed by atoms with Crippen molar-refractivity contribution < 1.29 is 22.4 Å². The van der Waals surface area contributed by atoms with Crippen molar-refractivity contribution in [1.29, 1.82) is 0 Å². The molecular formula is C30H28F3N5O2.